The van der Waals surface area contributed by atoms with Gasteiger partial charge in [-0.15, -0.1) is 0 Å². The van der Waals surface area contributed by atoms with Crippen LogP contribution in [0, 0.1) is 10.5 Å². The van der Waals surface area contributed by atoms with E-state index < -0.39 is 17.6 Å². The normalized spacial score (nSPS) is 10.9. The fourth-order valence-corrected chi connectivity index (χ4v) is 4.53. The fourth-order valence-electron chi connectivity index (χ4n) is 3.68. The van der Waals surface area contributed by atoms with Crippen LogP contribution in [0.5, 0.6) is 0 Å². The summed E-state index contributed by atoms with van der Waals surface area (Å²) in [7, 11) is 1.60. The monoisotopic (exact) mass is 603 g/mol. The third kappa shape index (κ3) is 4.98. The van der Waals surface area contributed by atoms with Crippen molar-refractivity contribution in [3.63, 3.8) is 0 Å². The van der Waals surface area contributed by atoms with Crippen LogP contribution in [0.3, 0.4) is 0 Å². The SMILES string of the molecule is Cc1cc(Cn2nnn(-c3ccc(Cl)cc3)c2=O)ccc1N(C)C(=O)c1c(I)cccc1C(=O)O. The van der Waals surface area contributed by atoms with Crippen molar-refractivity contribution < 1.29 is 14.7 Å². The van der Waals surface area contributed by atoms with Crippen LogP contribution in [0.4, 0.5) is 5.69 Å². The average Bonchev–Trinajstić information content (AvgIpc) is 3.18. The van der Waals surface area contributed by atoms with Gasteiger partial charge in [-0.3, -0.25) is 4.79 Å². The Balaban J connectivity index is 1.58. The third-order valence-electron chi connectivity index (χ3n) is 5.43. The number of nitrogens with zero attached hydrogens (tertiary/aromatic N) is 5. The highest BCUT2D eigenvalue weighted by Crippen LogP contribution is 2.25. The van der Waals surface area contributed by atoms with Crippen molar-refractivity contribution in [2.45, 2.75) is 13.5 Å². The van der Waals surface area contributed by atoms with Gasteiger partial charge in [0.15, 0.2) is 0 Å². The molecular weight excluding hydrogens is 585 g/mol. The molecule has 4 aromatic rings. The zero-order valence-corrected chi connectivity index (χ0v) is 21.6. The van der Waals surface area contributed by atoms with Gasteiger partial charge in [0.25, 0.3) is 5.91 Å². The topological polar surface area (TPSA) is 110 Å². The third-order valence-corrected chi connectivity index (χ3v) is 6.58. The average molecular weight is 604 g/mol. The van der Waals surface area contributed by atoms with E-state index in [1.807, 2.05) is 35.6 Å². The van der Waals surface area contributed by atoms with Gasteiger partial charge in [0.05, 0.1) is 23.4 Å². The number of carbonyl (C=O) groups is 2. The van der Waals surface area contributed by atoms with E-state index in [4.69, 9.17) is 11.6 Å². The lowest BCUT2D eigenvalue weighted by molar-refractivity contribution is 0.0692. The zero-order chi connectivity index (χ0) is 25.3. The highest BCUT2D eigenvalue weighted by atomic mass is 127. The molecule has 0 saturated carbocycles. The van der Waals surface area contributed by atoms with Gasteiger partial charge in [-0.1, -0.05) is 29.8 Å². The Kier molecular flexibility index (Phi) is 7.03. The maximum Gasteiger partial charge on any atom is 0.368 e. The molecular formula is C24H19ClIN5O4. The summed E-state index contributed by atoms with van der Waals surface area (Å²) in [6, 6.07) is 16.8. The van der Waals surface area contributed by atoms with E-state index in [0.29, 0.717) is 20.0 Å². The van der Waals surface area contributed by atoms with Gasteiger partial charge in [-0.25, -0.2) is 9.59 Å². The van der Waals surface area contributed by atoms with Crippen molar-refractivity contribution in [2.75, 3.05) is 11.9 Å². The molecule has 0 radical (unpaired) electrons. The van der Waals surface area contributed by atoms with E-state index in [1.54, 1.807) is 55.6 Å². The summed E-state index contributed by atoms with van der Waals surface area (Å²) in [4.78, 5) is 39.0. The molecule has 0 saturated heterocycles. The van der Waals surface area contributed by atoms with Crippen LogP contribution in [-0.4, -0.2) is 43.8 Å². The summed E-state index contributed by atoms with van der Waals surface area (Å²) in [6.07, 6.45) is 0. The summed E-state index contributed by atoms with van der Waals surface area (Å²) in [5.41, 5.74) is 2.42. The number of amides is 1. The van der Waals surface area contributed by atoms with Crippen LogP contribution >= 0.6 is 34.2 Å². The number of hydrogen-bond donors (Lipinski definition) is 1. The van der Waals surface area contributed by atoms with Crippen LogP contribution in [-0.2, 0) is 6.54 Å². The van der Waals surface area contributed by atoms with Gasteiger partial charge in [0, 0.05) is 21.3 Å². The minimum atomic E-state index is -1.16. The summed E-state index contributed by atoms with van der Waals surface area (Å²) >= 11 is 7.86. The molecule has 0 bridgehead atoms. The molecule has 0 aliphatic rings. The molecule has 1 heterocycles. The Bertz CT molecular complexity index is 1500. The first-order chi connectivity index (χ1) is 16.7. The molecule has 0 atom stereocenters. The molecule has 1 amide bonds. The van der Waals surface area contributed by atoms with E-state index in [0.717, 1.165) is 11.1 Å². The van der Waals surface area contributed by atoms with Gasteiger partial charge < -0.3 is 10.0 Å². The Morgan fingerprint density at radius 1 is 1.09 bits per heavy atom. The Labute approximate surface area is 218 Å². The molecule has 0 fully saturated rings. The van der Waals surface area contributed by atoms with Crippen molar-refractivity contribution in [3.8, 4) is 5.69 Å². The van der Waals surface area contributed by atoms with E-state index in [9.17, 15) is 19.5 Å². The maximum atomic E-state index is 13.2. The Morgan fingerprint density at radius 2 is 1.80 bits per heavy atom. The molecule has 0 aliphatic heterocycles. The van der Waals surface area contributed by atoms with Crippen LogP contribution < -0.4 is 10.6 Å². The van der Waals surface area contributed by atoms with Gasteiger partial charge >= 0.3 is 11.7 Å². The first-order valence-electron chi connectivity index (χ1n) is 10.4. The molecule has 9 nitrogen and oxygen atoms in total. The molecule has 3 aromatic carbocycles. The number of carboxylic acids is 1. The number of aromatic carboxylic acids is 1. The van der Waals surface area contributed by atoms with E-state index in [2.05, 4.69) is 10.4 Å². The fraction of sp³-hybridized carbons (Fsp3) is 0.125. The molecule has 178 valence electrons. The lowest BCUT2D eigenvalue weighted by Gasteiger charge is -2.21. The quantitative estimate of drug-likeness (QED) is 0.334. The standard InChI is InChI=1S/C24H19ClIN5O4/c1-14-12-15(13-30-24(35)31(28-27-30)17-9-7-16(25)8-10-17)6-11-20(14)29(2)22(32)21-18(23(33)34)4-3-5-19(21)26/h3-12H,13H2,1-2H3,(H,33,34). The summed E-state index contributed by atoms with van der Waals surface area (Å²) in [5.74, 6) is -1.59. The summed E-state index contributed by atoms with van der Waals surface area (Å²) in [5, 5.41) is 18.0. The summed E-state index contributed by atoms with van der Waals surface area (Å²) in [6.45, 7) is 2.02. The van der Waals surface area contributed by atoms with E-state index >= 15 is 0 Å². The zero-order valence-electron chi connectivity index (χ0n) is 18.6. The number of carboxylic acid groups (broad SMARTS) is 1. The Hall–Kier alpha value is -3.51. The number of carbonyl (C=O) groups excluding carboxylic acids is 1. The predicted octanol–water partition coefficient (Wildman–Crippen LogP) is 4.02. The van der Waals surface area contributed by atoms with E-state index in [-0.39, 0.29) is 17.7 Å². The van der Waals surface area contributed by atoms with Gasteiger partial charge in [-0.05, 0) is 93.5 Å². The number of hydrogen-bond acceptors (Lipinski definition) is 5. The van der Waals surface area contributed by atoms with Crippen molar-refractivity contribution in [2.24, 2.45) is 0 Å². The second-order valence-corrected chi connectivity index (χ2v) is 9.36. The van der Waals surface area contributed by atoms with E-state index in [1.165, 1.54) is 20.3 Å². The van der Waals surface area contributed by atoms with Crippen LogP contribution in [0.2, 0.25) is 5.02 Å². The number of tetrazole rings is 1. The number of aryl methyl sites for hydroxylation is 1. The molecule has 0 aliphatic carbocycles. The minimum Gasteiger partial charge on any atom is -0.478 e. The highest BCUT2D eigenvalue weighted by molar-refractivity contribution is 14.1. The van der Waals surface area contributed by atoms with Crippen molar-refractivity contribution >= 4 is 51.8 Å². The van der Waals surface area contributed by atoms with Crippen molar-refractivity contribution in [1.29, 1.82) is 0 Å². The largest absolute Gasteiger partial charge is 0.478 e. The van der Waals surface area contributed by atoms with Gasteiger partial charge in [-0.2, -0.15) is 9.36 Å². The highest BCUT2D eigenvalue weighted by Gasteiger charge is 2.24. The molecule has 35 heavy (non-hydrogen) atoms. The summed E-state index contributed by atoms with van der Waals surface area (Å²) < 4.78 is 2.98. The van der Waals surface area contributed by atoms with Crippen LogP contribution in [0.25, 0.3) is 5.69 Å². The van der Waals surface area contributed by atoms with Gasteiger partial charge in [0.1, 0.15) is 0 Å². The Morgan fingerprint density at radius 3 is 2.46 bits per heavy atom. The number of aromatic nitrogens is 4. The lowest BCUT2D eigenvalue weighted by Crippen LogP contribution is -2.29. The van der Waals surface area contributed by atoms with Crippen molar-refractivity contribution in [1.82, 2.24) is 19.8 Å². The van der Waals surface area contributed by atoms with Crippen LogP contribution in [0.15, 0.2) is 65.5 Å². The second kappa shape index (κ2) is 10.0. The molecule has 1 N–H and O–H groups in total. The molecule has 0 unspecified atom stereocenters. The first-order valence-corrected chi connectivity index (χ1v) is 11.8. The molecule has 11 heteroatoms. The maximum absolute atomic E-state index is 13.2. The number of benzene rings is 3. The minimum absolute atomic E-state index is 0.0498. The number of rotatable bonds is 6. The number of halogens is 2. The lowest BCUT2D eigenvalue weighted by atomic mass is 10.0. The smallest absolute Gasteiger partial charge is 0.368 e. The predicted molar refractivity (Wildman–Crippen MR) is 140 cm³/mol. The van der Waals surface area contributed by atoms with Crippen molar-refractivity contribution in [3.05, 3.63) is 102 Å². The van der Waals surface area contributed by atoms with Gasteiger partial charge in [0.2, 0.25) is 0 Å². The first kappa shape index (κ1) is 24.6. The molecule has 1 aromatic heterocycles. The van der Waals surface area contributed by atoms with Crippen LogP contribution in [0.1, 0.15) is 31.8 Å². The second-order valence-electron chi connectivity index (χ2n) is 7.76. The molecule has 0 spiro atoms. The molecule has 4 rings (SSSR count). The number of anilines is 1.